The van der Waals surface area contributed by atoms with E-state index in [2.05, 4.69) is 15.4 Å². The Kier molecular flexibility index (Phi) is 5.04. The third-order valence-electron chi connectivity index (χ3n) is 4.17. The summed E-state index contributed by atoms with van der Waals surface area (Å²) in [7, 11) is -1.89. The number of carbonyl (C=O) groups excluding carboxylic acids is 1. The second-order valence-electron chi connectivity index (χ2n) is 6.16. The summed E-state index contributed by atoms with van der Waals surface area (Å²) in [6.45, 7) is 1.90. The average Bonchev–Trinajstić information content (AvgIpc) is 3.09. The fraction of sp³-hybridized carbons (Fsp3) is 0.222. The number of aromatic nitrogens is 4. The van der Waals surface area contributed by atoms with Crippen molar-refractivity contribution in [2.45, 2.75) is 13.5 Å². The number of hydrogen-bond donors (Lipinski definition) is 0. The lowest BCUT2D eigenvalue weighted by Crippen LogP contribution is -2.24. The molecule has 0 aliphatic rings. The van der Waals surface area contributed by atoms with E-state index in [9.17, 15) is 13.2 Å². The summed E-state index contributed by atoms with van der Waals surface area (Å²) in [5.74, 6) is 0.267. The first-order chi connectivity index (χ1) is 12.8. The molecule has 9 heteroatoms. The number of carbonyl (C=O) groups is 1. The Bertz CT molecular complexity index is 1070. The Hall–Kier alpha value is -3.07. The number of hydrogen-bond acceptors (Lipinski definition) is 6. The Morgan fingerprint density at radius 3 is 2.41 bits per heavy atom. The van der Waals surface area contributed by atoms with Crippen molar-refractivity contribution in [3.8, 4) is 11.4 Å². The van der Waals surface area contributed by atoms with Crippen LogP contribution in [0.5, 0.6) is 0 Å². The molecule has 0 aliphatic heterocycles. The second kappa shape index (κ2) is 7.28. The number of ketones is 1. The first kappa shape index (κ1) is 18.7. The lowest BCUT2D eigenvalue weighted by molar-refractivity contribution is 0.0961. The summed E-state index contributed by atoms with van der Waals surface area (Å²) in [4.78, 5) is 13.7. The van der Waals surface area contributed by atoms with E-state index in [-0.39, 0.29) is 12.3 Å². The normalized spacial score (nSPS) is 11.4. The van der Waals surface area contributed by atoms with Crippen LogP contribution in [0.25, 0.3) is 11.4 Å². The summed E-state index contributed by atoms with van der Waals surface area (Å²) >= 11 is 0. The molecule has 0 fully saturated rings. The number of nitrogens with zero attached hydrogens (tertiary/aromatic N) is 5. The topological polar surface area (TPSA) is 98.0 Å². The Labute approximate surface area is 157 Å². The Morgan fingerprint density at radius 1 is 1.11 bits per heavy atom. The van der Waals surface area contributed by atoms with Crippen LogP contribution in [0.15, 0.2) is 48.5 Å². The van der Waals surface area contributed by atoms with Crippen molar-refractivity contribution in [2.75, 3.05) is 17.6 Å². The second-order valence-corrected chi connectivity index (χ2v) is 8.17. The number of rotatable bonds is 6. The molecule has 1 aromatic heterocycles. The average molecular weight is 385 g/mol. The molecule has 2 aromatic carbocycles. The summed E-state index contributed by atoms with van der Waals surface area (Å²) < 4.78 is 24.3. The van der Waals surface area contributed by atoms with Crippen molar-refractivity contribution < 1.29 is 13.2 Å². The van der Waals surface area contributed by atoms with Crippen LogP contribution < -0.4 is 4.31 Å². The number of aryl methyl sites for hydroxylation is 1. The molecular formula is C18H19N5O3S. The predicted molar refractivity (Wildman–Crippen MR) is 102 cm³/mol. The number of benzene rings is 2. The minimum atomic E-state index is -3.35. The van der Waals surface area contributed by atoms with Crippen molar-refractivity contribution >= 4 is 21.5 Å². The van der Waals surface area contributed by atoms with Crippen molar-refractivity contribution in [1.82, 2.24) is 20.2 Å². The molecule has 140 valence electrons. The molecule has 3 aromatic rings. The van der Waals surface area contributed by atoms with Crippen LogP contribution in [0.2, 0.25) is 0 Å². The molecule has 0 unspecified atom stereocenters. The molecular weight excluding hydrogens is 366 g/mol. The first-order valence-electron chi connectivity index (χ1n) is 8.16. The zero-order valence-corrected chi connectivity index (χ0v) is 16.0. The zero-order chi connectivity index (χ0) is 19.6. The molecule has 3 rings (SSSR count). The lowest BCUT2D eigenvalue weighted by Gasteiger charge is -2.16. The smallest absolute Gasteiger partial charge is 0.231 e. The lowest BCUT2D eigenvalue weighted by atomic mass is 10.1. The molecule has 0 saturated heterocycles. The van der Waals surface area contributed by atoms with Gasteiger partial charge < -0.3 is 0 Å². The Balaban J connectivity index is 1.74. The van der Waals surface area contributed by atoms with Crippen LogP contribution in [-0.4, -0.2) is 47.7 Å². The summed E-state index contributed by atoms with van der Waals surface area (Å²) in [5.41, 5.74) is 2.81. The van der Waals surface area contributed by atoms with Gasteiger partial charge in [-0.1, -0.05) is 24.3 Å². The quantitative estimate of drug-likeness (QED) is 0.601. The fourth-order valence-corrected chi connectivity index (χ4v) is 3.01. The van der Waals surface area contributed by atoms with Gasteiger partial charge in [-0.15, -0.1) is 10.2 Å². The van der Waals surface area contributed by atoms with Crippen LogP contribution in [-0.2, 0) is 16.6 Å². The number of tetrazole rings is 1. The van der Waals surface area contributed by atoms with Gasteiger partial charge in [0.25, 0.3) is 0 Å². The van der Waals surface area contributed by atoms with E-state index in [1.807, 2.05) is 31.2 Å². The van der Waals surface area contributed by atoms with E-state index in [1.54, 1.807) is 24.3 Å². The molecule has 1 heterocycles. The largest absolute Gasteiger partial charge is 0.292 e. The minimum absolute atomic E-state index is 0.0554. The number of Topliss-reactive ketones (excluding diaryl/α,β-unsaturated/α-hetero) is 1. The maximum absolute atomic E-state index is 12.4. The molecule has 0 bridgehead atoms. The molecule has 0 N–H and O–H groups in total. The standard InChI is InChI=1S/C18H19N5O3S/c1-13-6-4-5-7-16(13)18-19-21-23(20-18)12-17(24)14-8-10-15(11-9-14)22(2)27(3,25)26/h4-11H,12H2,1-3H3. The van der Waals surface area contributed by atoms with Crippen LogP contribution >= 0.6 is 0 Å². The maximum atomic E-state index is 12.4. The highest BCUT2D eigenvalue weighted by atomic mass is 32.2. The fourth-order valence-electron chi connectivity index (χ4n) is 2.51. The third-order valence-corrected chi connectivity index (χ3v) is 5.38. The van der Waals surface area contributed by atoms with Gasteiger partial charge in [0.15, 0.2) is 5.78 Å². The van der Waals surface area contributed by atoms with Crippen molar-refractivity contribution in [3.63, 3.8) is 0 Å². The third kappa shape index (κ3) is 4.20. The summed E-state index contributed by atoms with van der Waals surface area (Å²) in [5, 5.41) is 12.2. The van der Waals surface area contributed by atoms with Crippen LogP contribution in [0.1, 0.15) is 15.9 Å². The first-order valence-corrected chi connectivity index (χ1v) is 10.0. The molecule has 0 saturated carbocycles. The number of sulfonamides is 1. The molecule has 0 radical (unpaired) electrons. The van der Waals surface area contributed by atoms with Gasteiger partial charge in [0.2, 0.25) is 15.8 Å². The molecule has 0 aliphatic carbocycles. The van der Waals surface area contributed by atoms with Crippen molar-refractivity contribution in [1.29, 1.82) is 0 Å². The molecule has 0 atom stereocenters. The van der Waals surface area contributed by atoms with E-state index >= 15 is 0 Å². The van der Waals surface area contributed by atoms with Crippen molar-refractivity contribution in [3.05, 3.63) is 59.7 Å². The Morgan fingerprint density at radius 2 is 1.78 bits per heavy atom. The van der Waals surface area contributed by atoms with Gasteiger partial charge >= 0.3 is 0 Å². The van der Waals surface area contributed by atoms with E-state index in [4.69, 9.17) is 0 Å². The molecule has 0 amide bonds. The SMILES string of the molecule is Cc1ccccc1-c1nnn(CC(=O)c2ccc(N(C)S(C)(=O)=O)cc2)n1. The summed E-state index contributed by atoms with van der Waals surface area (Å²) in [6.07, 6.45) is 1.12. The van der Waals surface area contributed by atoms with Gasteiger partial charge in [0.05, 0.1) is 11.9 Å². The number of anilines is 1. The monoisotopic (exact) mass is 385 g/mol. The van der Waals surface area contributed by atoms with Crippen molar-refractivity contribution in [2.24, 2.45) is 0 Å². The molecule has 0 spiro atoms. The summed E-state index contributed by atoms with van der Waals surface area (Å²) in [6, 6.07) is 14.0. The van der Waals surface area contributed by atoms with E-state index < -0.39 is 10.0 Å². The van der Waals surface area contributed by atoms with Gasteiger partial charge in [-0.2, -0.15) is 4.80 Å². The highest BCUT2D eigenvalue weighted by Gasteiger charge is 2.15. The highest BCUT2D eigenvalue weighted by molar-refractivity contribution is 7.92. The maximum Gasteiger partial charge on any atom is 0.231 e. The minimum Gasteiger partial charge on any atom is -0.292 e. The molecule has 8 nitrogen and oxygen atoms in total. The van der Waals surface area contributed by atoms with E-state index in [1.165, 1.54) is 11.8 Å². The van der Waals surface area contributed by atoms with Gasteiger partial charge in [-0.25, -0.2) is 8.42 Å². The van der Waals surface area contributed by atoms with Gasteiger partial charge in [-0.3, -0.25) is 9.10 Å². The van der Waals surface area contributed by atoms with Crippen LogP contribution in [0.4, 0.5) is 5.69 Å². The predicted octanol–water partition coefficient (Wildman–Crippen LogP) is 1.93. The van der Waals surface area contributed by atoms with Gasteiger partial charge in [0, 0.05) is 18.2 Å². The van der Waals surface area contributed by atoms with Crippen LogP contribution in [0, 0.1) is 6.92 Å². The van der Waals surface area contributed by atoms with Gasteiger partial charge in [0.1, 0.15) is 6.54 Å². The zero-order valence-electron chi connectivity index (χ0n) is 15.2. The van der Waals surface area contributed by atoms with Crippen LogP contribution in [0.3, 0.4) is 0 Å². The van der Waals surface area contributed by atoms with E-state index in [0.29, 0.717) is 17.1 Å². The van der Waals surface area contributed by atoms with E-state index in [0.717, 1.165) is 21.7 Å². The molecule has 27 heavy (non-hydrogen) atoms. The highest BCUT2D eigenvalue weighted by Crippen LogP contribution is 2.19. The van der Waals surface area contributed by atoms with Gasteiger partial charge in [-0.05, 0) is 42.0 Å².